The van der Waals surface area contributed by atoms with Crippen molar-refractivity contribution in [3.05, 3.63) is 245 Å². The quantitative estimate of drug-likeness (QED) is 0.0576. The number of nitrogens with zero attached hydrogens (tertiary/aromatic N) is 7. The Balaban J connectivity index is 0.000000126. The normalized spacial score (nSPS) is 11.7. The summed E-state index contributed by atoms with van der Waals surface area (Å²) in [5.41, 5.74) is 19.6. The fourth-order valence-electron chi connectivity index (χ4n) is 13.7. The number of aliphatic carboxylic acids is 1. The van der Waals surface area contributed by atoms with E-state index in [4.69, 9.17) is 0 Å². The first-order chi connectivity index (χ1) is 47.2. The van der Waals surface area contributed by atoms with Crippen molar-refractivity contribution in [1.82, 2.24) is 54.3 Å². The van der Waals surface area contributed by atoms with Gasteiger partial charge >= 0.3 is 17.9 Å². The molecule has 8 aromatic carbocycles. The van der Waals surface area contributed by atoms with Gasteiger partial charge in [0, 0.05) is 106 Å². The Hall–Kier alpha value is -12.3. The molecule has 16 rings (SSSR count). The van der Waals surface area contributed by atoms with Crippen LogP contribution in [0.5, 0.6) is 0 Å². The summed E-state index contributed by atoms with van der Waals surface area (Å²) in [7, 11) is 0. The van der Waals surface area contributed by atoms with Gasteiger partial charge in [-0.25, -0.2) is 22.8 Å². The Bertz CT molecular complexity index is 5790. The molecular formula is C78H64F3N11O6. The van der Waals surface area contributed by atoms with Crippen LogP contribution in [0.3, 0.4) is 0 Å². The summed E-state index contributed by atoms with van der Waals surface area (Å²) in [6.45, 7) is 14.7. The highest BCUT2D eigenvalue weighted by molar-refractivity contribution is 6.12. The lowest BCUT2D eigenvalue weighted by molar-refractivity contribution is -0.136. The first-order valence-electron chi connectivity index (χ1n) is 31.9. The summed E-state index contributed by atoms with van der Waals surface area (Å²) in [6, 6.07) is 46.3. The van der Waals surface area contributed by atoms with Crippen molar-refractivity contribution in [2.24, 2.45) is 0 Å². The van der Waals surface area contributed by atoms with Crippen LogP contribution in [0.4, 0.5) is 13.2 Å². The van der Waals surface area contributed by atoms with Crippen LogP contribution in [0.15, 0.2) is 189 Å². The molecule has 0 bridgehead atoms. The lowest BCUT2D eigenvalue weighted by Crippen LogP contribution is -2.04. The third-order valence-corrected chi connectivity index (χ3v) is 18.0. The first kappa shape index (κ1) is 63.1. The topological polar surface area (TPSA) is 241 Å². The average Bonchev–Trinajstić information content (AvgIpc) is 1.59. The molecule has 8 aromatic heterocycles. The van der Waals surface area contributed by atoms with Gasteiger partial charge in [0.2, 0.25) is 0 Å². The van der Waals surface area contributed by atoms with E-state index < -0.39 is 17.9 Å². The molecule has 488 valence electrons. The van der Waals surface area contributed by atoms with E-state index in [1.807, 2.05) is 43.5 Å². The largest absolute Gasteiger partial charge is 0.481 e. The van der Waals surface area contributed by atoms with Crippen molar-refractivity contribution in [2.45, 2.75) is 72.6 Å². The molecule has 0 saturated heterocycles. The fourth-order valence-corrected chi connectivity index (χ4v) is 13.7. The van der Waals surface area contributed by atoms with Crippen molar-refractivity contribution in [3.63, 3.8) is 0 Å². The smallest absolute Gasteiger partial charge is 0.337 e. The molecule has 0 radical (unpaired) electrons. The molecule has 0 aliphatic rings. The molecule has 0 saturated carbocycles. The molecule has 7 N–H and O–H groups in total. The number of carboxylic acid groups (broad SMARTS) is 3. The van der Waals surface area contributed by atoms with Gasteiger partial charge in [-0.15, -0.1) is 0 Å². The van der Waals surface area contributed by atoms with Crippen LogP contribution in [-0.4, -0.2) is 87.5 Å². The van der Waals surface area contributed by atoms with Crippen molar-refractivity contribution in [2.75, 3.05) is 0 Å². The van der Waals surface area contributed by atoms with Gasteiger partial charge in [-0.2, -0.15) is 15.3 Å². The molecule has 8 heterocycles. The van der Waals surface area contributed by atoms with Gasteiger partial charge < -0.3 is 34.0 Å². The monoisotopic (exact) mass is 1310 g/mol. The van der Waals surface area contributed by atoms with Crippen LogP contribution >= 0.6 is 0 Å². The molecule has 20 heteroatoms. The lowest BCUT2D eigenvalue weighted by Gasteiger charge is -2.17. The standard InChI is InChI=1S/C27H21FN4O2.C27H24FN3O2.C24H19FN4O2/c1-14(2)26-25(20-9-15(27(33)34)10-23-19(20)7-8-29-23)21-12-22-16(13-30-31-22)11-24(21)32(26)18-5-3-17(28)4-6-18;1-15(2)27-26(21-10-17(11-25(32)33)5-4-16(21)3)22-13-23-18(14-29-30-23)12-24(22)31(27)20-8-6-19(28)7-9-20;1-13(2)23-22(19-8-3-14(11-26-19)24(30)31)18-10-20-15(12-27-28-20)9-21(18)29(23)17-6-4-16(25)5-7-17/h3-14,29H,1-2H3,(H,30,31)(H,33,34);4-10,12-15H,11H2,1-3H3,(H,29,30)(H,32,33);3-13H,1-2H3,(H,27,28)(H,30,31). The number of carboxylic acids is 3. The molecule has 0 amide bonds. The summed E-state index contributed by atoms with van der Waals surface area (Å²) in [4.78, 5) is 42.3. The van der Waals surface area contributed by atoms with Gasteiger partial charge in [-0.05, 0) is 186 Å². The Kier molecular flexibility index (Phi) is 16.2. The van der Waals surface area contributed by atoms with Crippen LogP contribution in [0.2, 0.25) is 0 Å². The number of aromatic amines is 4. The van der Waals surface area contributed by atoms with Gasteiger partial charge in [0.15, 0.2) is 0 Å². The highest BCUT2D eigenvalue weighted by Gasteiger charge is 2.29. The minimum Gasteiger partial charge on any atom is -0.481 e. The van der Waals surface area contributed by atoms with Crippen LogP contribution < -0.4 is 0 Å². The number of aromatic nitrogens is 11. The molecule has 0 atom stereocenters. The van der Waals surface area contributed by atoms with E-state index in [0.29, 0.717) is 5.69 Å². The zero-order chi connectivity index (χ0) is 68.5. The molecule has 0 aliphatic heterocycles. The van der Waals surface area contributed by atoms with Crippen LogP contribution in [0, 0.1) is 24.4 Å². The Morgan fingerprint density at radius 2 is 0.867 bits per heavy atom. The number of halogens is 3. The van der Waals surface area contributed by atoms with Crippen LogP contribution in [0.1, 0.15) is 108 Å². The lowest BCUT2D eigenvalue weighted by atomic mass is 9.92. The van der Waals surface area contributed by atoms with Gasteiger partial charge in [-0.1, -0.05) is 59.7 Å². The molecule has 16 aromatic rings. The van der Waals surface area contributed by atoms with Gasteiger partial charge in [0.1, 0.15) is 17.5 Å². The van der Waals surface area contributed by atoms with E-state index >= 15 is 0 Å². The number of carbonyl (C=O) groups is 3. The predicted molar refractivity (Wildman–Crippen MR) is 377 cm³/mol. The van der Waals surface area contributed by atoms with Crippen molar-refractivity contribution >= 4 is 94.2 Å². The van der Waals surface area contributed by atoms with E-state index in [2.05, 4.69) is 126 Å². The maximum absolute atomic E-state index is 13.8. The highest BCUT2D eigenvalue weighted by Crippen LogP contribution is 2.47. The van der Waals surface area contributed by atoms with E-state index in [1.54, 1.807) is 79.3 Å². The highest BCUT2D eigenvalue weighted by atomic mass is 19.1. The number of aromatic carboxylic acids is 2. The van der Waals surface area contributed by atoms with E-state index in [0.717, 1.165) is 149 Å². The maximum atomic E-state index is 13.8. The zero-order valence-corrected chi connectivity index (χ0v) is 54.2. The third kappa shape index (κ3) is 11.3. The second-order valence-electron chi connectivity index (χ2n) is 25.4. The van der Waals surface area contributed by atoms with Crippen molar-refractivity contribution in [1.29, 1.82) is 0 Å². The summed E-state index contributed by atoms with van der Waals surface area (Å²) in [5, 5.41) is 56.8. The Morgan fingerprint density at radius 3 is 1.28 bits per heavy atom. The van der Waals surface area contributed by atoms with E-state index in [9.17, 15) is 42.9 Å². The number of benzene rings is 8. The molecule has 17 nitrogen and oxygen atoms in total. The second kappa shape index (κ2) is 25.1. The minimum absolute atomic E-state index is 0.0360. The second-order valence-corrected chi connectivity index (χ2v) is 25.4. The summed E-state index contributed by atoms with van der Waals surface area (Å²) in [5.74, 6) is -3.38. The zero-order valence-electron chi connectivity index (χ0n) is 54.2. The number of pyridine rings is 1. The van der Waals surface area contributed by atoms with Crippen LogP contribution in [0.25, 0.3) is 127 Å². The van der Waals surface area contributed by atoms with Gasteiger partial charge in [-0.3, -0.25) is 25.1 Å². The first-order valence-corrected chi connectivity index (χ1v) is 31.9. The Labute approximate surface area is 557 Å². The molecule has 0 unspecified atom stereocenters. The summed E-state index contributed by atoms with van der Waals surface area (Å²) < 4.78 is 47.6. The Morgan fingerprint density at radius 1 is 0.439 bits per heavy atom. The molecular weight excluding hydrogens is 1240 g/mol. The van der Waals surface area contributed by atoms with E-state index in [1.165, 1.54) is 42.6 Å². The van der Waals surface area contributed by atoms with Gasteiger partial charge in [0.25, 0.3) is 0 Å². The van der Waals surface area contributed by atoms with Gasteiger partial charge in [0.05, 0.1) is 74.9 Å². The number of hydrogen-bond acceptors (Lipinski definition) is 7. The van der Waals surface area contributed by atoms with Crippen molar-refractivity contribution in [3.8, 4) is 50.6 Å². The molecule has 0 aliphatic carbocycles. The minimum atomic E-state index is -1.02. The van der Waals surface area contributed by atoms with Crippen LogP contribution in [-0.2, 0) is 11.2 Å². The number of nitrogens with one attached hydrogen (secondary N) is 4. The molecule has 0 fully saturated rings. The third-order valence-electron chi connectivity index (χ3n) is 18.0. The summed E-state index contributed by atoms with van der Waals surface area (Å²) >= 11 is 0. The average molecular weight is 1310 g/mol. The maximum Gasteiger partial charge on any atom is 0.337 e. The van der Waals surface area contributed by atoms with Crippen molar-refractivity contribution < 1.29 is 42.9 Å². The number of H-pyrrole nitrogens is 4. The SMILES string of the molecule is CC(C)c1c(-c2cc(C(=O)O)cc3[nH]ccc23)c2cc3[nH]ncc3cc2n1-c1ccc(F)cc1.CC(C)c1c(-c2ccc(C(=O)O)cn2)c2cc3[nH]ncc3cc2n1-c1ccc(F)cc1.Cc1ccc(CC(=O)O)cc1-c1c(C(C)C)n(-c2ccc(F)cc2)c2cc3cn[nH]c3cc12. The molecule has 98 heavy (non-hydrogen) atoms. The van der Waals surface area contributed by atoms with E-state index in [-0.39, 0.29) is 52.8 Å². The summed E-state index contributed by atoms with van der Waals surface area (Å²) in [6.07, 6.45) is 8.50. The predicted octanol–water partition coefficient (Wildman–Crippen LogP) is 18.5. The number of hydrogen-bond donors (Lipinski definition) is 7. The number of aryl methyl sites for hydroxylation is 1. The molecule has 0 spiro atoms. The fraction of sp³-hybridized carbons (Fsp3) is 0.141. The number of fused-ring (bicyclic) bond motifs is 7. The number of rotatable bonds is 13.